The molecule has 0 radical (unpaired) electrons. The molecule has 1 unspecified atom stereocenters. The number of nitrogens with zero attached hydrogens (tertiary/aromatic N) is 4. The summed E-state index contributed by atoms with van der Waals surface area (Å²) in [5.41, 5.74) is 6.92. The van der Waals surface area contributed by atoms with Gasteiger partial charge >= 0.3 is 0 Å². The predicted molar refractivity (Wildman–Crippen MR) is 103 cm³/mol. The van der Waals surface area contributed by atoms with Gasteiger partial charge in [-0.3, -0.25) is 4.57 Å². The summed E-state index contributed by atoms with van der Waals surface area (Å²) in [5, 5.41) is 14.2. The zero-order valence-corrected chi connectivity index (χ0v) is 15.4. The van der Waals surface area contributed by atoms with Crippen LogP contribution in [0.25, 0.3) is 28.2 Å². The summed E-state index contributed by atoms with van der Waals surface area (Å²) in [6.07, 6.45) is 1.27. The number of aliphatic hydroxyl groups is 1. The van der Waals surface area contributed by atoms with Gasteiger partial charge in [-0.15, -0.1) is 5.10 Å². The third-order valence-electron chi connectivity index (χ3n) is 4.92. The van der Waals surface area contributed by atoms with E-state index in [1.54, 1.807) is 11.4 Å². The van der Waals surface area contributed by atoms with Crippen molar-refractivity contribution in [2.45, 2.75) is 26.9 Å². The van der Waals surface area contributed by atoms with Gasteiger partial charge in [-0.05, 0) is 43.0 Å². The van der Waals surface area contributed by atoms with Gasteiger partial charge in [0.25, 0.3) is 0 Å². The Morgan fingerprint density at radius 3 is 2.19 bits per heavy atom. The predicted octanol–water partition coefficient (Wildman–Crippen LogP) is 4.07. The number of hydrogen-bond donors (Lipinski definition) is 1. The maximum Gasteiger partial charge on any atom is 0.232 e. The second-order valence-corrected chi connectivity index (χ2v) is 6.84. The third-order valence-corrected chi connectivity index (χ3v) is 4.92. The Morgan fingerprint density at radius 1 is 0.923 bits per heavy atom. The zero-order chi connectivity index (χ0) is 18.4. The molecule has 0 fully saturated rings. The second kappa shape index (κ2) is 6.11. The van der Waals surface area contributed by atoms with Gasteiger partial charge in [0.2, 0.25) is 5.78 Å². The van der Waals surface area contributed by atoms with Crippen molar-refractivity contribution >= 4 is 5.78 Å². The highest BCUT2D eigenvalue weighted by Crippen LogP contribution is 2.26. The average Bonchev–Trinajstić information content (AvgIpc) is 3.17. The molecule has 0 amide bonds. The first kappa shape index (κ1) is 16.5. The fourth-order valence-corrected chi connectivity index (χ4v) is 3.20. The van der Waals surface area contributed by atoms with Crippen LogP contribution in [0.5, 0.6) is 0 Å². The van der Waals surface area contributed by atoms with Crippen molar-refractivity contribution in [3.05, 3.63) is 65.6 Å². The van der Waals surface area contributed by atoms with Crippen LogP contribution in [-0.2, 0) is 7.05 Å². The van der Waals surface area contributed by atoms with Gasteiger partial charge in [-0.2, -0.15) is 0 Å². The summed E-state index contributed by atoms with van der Waals surface area (Å²) >= 11 is 0. The molecule has 0 aliphatic carbocycles. The summed E-state index contributed by atoms with van der Waals surface area (Å²) in [6.45, 7) is 5.97. The Bertz CT molecular complexity index is 1090. The summed E-state index contributed by atoms with van der Waals surface area (Å²) in [4.78, 5) is 4.67. The molecule has 4 aromatic rings. The standard InChI is InChI=1S/C21H22N4O/c1-13-5-6-18(11-14(13)2)16-7-9-17(10-8-16)19-12-25-21(22-19)24(4)20(23-25)15(3)26/h5-12,15,26H,1-4H3. The van der Waals surface area contributed by atoms with Crippen LogP contribution >= 0.6 is 0 Å². The van der Waals surface area contributed by atoms with E-state index in [1.807, 2.05) is 17.8 Å². The number of aromatic nitrogens is 4. The molecule has 26 heavy (non-hydrogen) atoms. The molecule has 0 saturated heterocycles. The first-order chi connectivity index (χ1) is 12.4. The Hall–Kier alpha value is -2.92. The Kier molecular flexibility index (Phi) is 3.89. The van der Waals surface area contributed by atoms with Gasteiger partial charge < -0.3 is 5.11 Å². The Labute approximate surface area is 152 Å². The molecule has 1 N–H and O–H groups in total. The van der Waals surface area contributed by atoms with E-state index in [4.69, 9.17) is 0 Å². The summed E-state index contributed by atoms with van der Waals surface area (Å²) < 4.78 is 3.53. The molecule has 2 aromatic carbocycles. The Morgan fingerprint density at radius 2 is 1.58 bits per heavy atom. The number of imidazole rings is 1. The molecule has 0 aliphatic rings. The Balaban J connectivity index is 1.68. The number of benzene rings is 2. The maximum absolute atomic E-state index is 9.76. The largest absolute Gasteiger partial charge is 0.385 e. The molecule has 4 rings (SSSR count). The van der Waals surface area contributed by atoms with E-state index in [0.29, 0.717) is 11.6 Å². The van der Waals surface area contributed by atoms with Gasteiger partial charge in [-0.25, -0.2) is 9.50 Å². The molecule has 132 valence electrons. The van der Waals surface area contributed by atoms with E-state index >= 15 is 0 Å². The van der Waals surface area contributed by atoms with Crippen molar-refractivity contribution in [2.24, 2.45) is 7.05 Å². The molecule has 1 atom stereocenters. The lowest BCUT2D eigenvalue weighted by Gasteiger charge is -2.06. The smallest absolute Gasteiger partial charge is 0.232 e. The maximum atomic E-state index is 9.76. The number of hydrogen-bond acceptors (Lipinski definition) is 3. The van der Waals surface area contributed by atoms with Gasteiger partial charge in [0.05, 0.1) is 11.9 Å². The minimum Gasteiger partial charge on any atom is -0.385 e. The van der Waals surface area contributed by atoms with E-state index in [2.05, 4.69) is 66.4 Å². The van der Waals surface area contributed by atoms with Crippen LogP contribution in [0.3, 0.4) is 0 Å². The van der Waals surface area contributed by atoms with E-state index in [0.717, 1.165) is 11.3 Å². The number of aliphatic hydroxyl groups excluding tert-OH is 1. The molecule has 0 spiro atoms. The monoisotopic (exact) mass is 346 g/mol. The highest BCUT2D eigenvalue weighted by atomic mass is 16.3. The molecule has 0 bridgehead atoms. The number of aryl methyl sites for hydroxylation is 3. The van der Waals surface area contributed by atoms with Crippen LogP contribution in [0.4, 0.5) is 0 Å². The summed E-state index contributed by atoms with van der Waals surface area (Å²) in [7, 11) is 1.87. The van der Waals surface area contributed by atoms with Gasteiger partial charge in [0, 0.05) is 12.6 Å². The van der Waals surface area contributed by atoms with E-state index in [1.165, 1.54) is 22.3 Å². The minimum atomic E-state index is -0.623. The highest BCUT2D eigenvalue weighted by molar-refractivity contribution is 5.70. The van der Waals surface area contributed by atoms with Gasteiger partial charge in [0.15, 0.2) is 5.82 Å². The molecule has 5 nitrogen and oxygen atoms in total. The SMILES string of the molecule is Cc1ccc(-c2ccc(-c3cn4nc(C(C)O)n(C)c4n3)cc2)cc1C. The fraction of sp³-hybridized carbons (Fsp3) is 0.238. The van der Waals surface area contributed by atoms with Crippen LogP contribution in [0.1, 0.15) is 30.0 Å². The van der Waals surface area contributed by atoms with E-state index < -0.39 is 6.10 Å². The lowest BCUT2D eigenvalue weighted by molar-refractivity contribution is 0.185. The summed E-state index contributed by atoms with van der Waals surface area (Å²) in [5.74, 6) is 1.32. The zero-order valence-electron chi connectivity index (χ0n) is 15.4. The van der Waals surface area contributed by atoms with Crippen LogP contribution in [0, 0.1) is 13.8 Å². The minimum absolute atomic E-state index is 0.601. The summed E-state index contributed by atoms with van der Waals surface area (Å²) in [6, 6.07) is 15.0. The van der Waals surface area contributed by atoms with Crippen molar-refractivity contribution in [3.8, 4) is 22.4 Å². The molecular weight excluding hydrogens is 324 g/mol. The van der Waals surface area contributed by atoms with E-state index in [-0.39, 0.29) is 0 Å². The first-order valence-electron chi connectivity index (χ1n) is 8.72. The first-order valence-corrected chi connectivity index (χ1v) is 8.72. The van der Waals surface area contributed by atoms with Crippen LogP contribution in [-0.4, -0.2) is 24.3 Å². The van der Waals surface area contributed by atoms with Crippen LogP contribution < -0.4 is 0 Å². The van der Waals surface area contributed by atoms with Crippen LogP contribution in [0.15, 0.2) is 48.7 Å². The highest BCUT2D eigenvalue weighted by Gasteiger charge is 2.15. The molecule has 0 saturated carbocycles. The molecule has 2 aromatic heterocycles. The molecular formula is C21H22N4O. The molecule has 2 heterocycles. The van der Waals surface area contributed by atoms with Crippen LogP contribution in [0.2, 0.25) is 0 Å². The number of fused-ring (bicyclic) bond motifs is 1. The lowest BCUT2D eigenvalue weighted by atomic mass is 9.99. The fourth-order valence-electron chi connectivity index (χ4n) is 3.20. The van der Waals surface area contributed by atoms with Gasteiger partial charge in [-0.1, -0.05) is 42.5 Å². The second-order valence-electron chi connectivity index (χ2n) is 6.84. The van der Waals surface area contributed by atoms with Gasteiger partial charge in [0.1, 0.15) is 6.10 Å². The average molecular weight is 346 g/mol. The van der Waals surface area contributed by atoms with Crippen molar-refractivity contribution in [1.82, 2.24) is 19.2 Å². The third kappa shape index (κ3) is 2.70. The molecule has 0 aliphatic heterocycles. The van der Waals surface area contributed by atoms with Crippen molar-refractivity contribution in [2.75, 3.05) is 0 Å². The van der Waals surface area contributed by atoms with Crippen molar-refractivity contribution in [3.63, 3.8) is 0 Å². The lowest BCUT2D eigenvalue weighted by Crippen LogP contribution is -2.02. The normalized spacial score (nSPS) is 12.7. The number of rotatable bonds is 3. The van der Waals surface area contributed by atoms with E-state index in [9.17, 15) is 5.11 Å². The topological polar surface area (TPSA) is 55.4 Å². The quantitative estimate of drug-likeness (QED) is 0.608. The van der Waals surface area contributed by atoms with Crippen molar-refractivity contribution in [1.29, 1.82) is 0 Å². The molecule has 5 heteroatoms. The van der Waals surface area contributed by atoms with Crippen molar-refractivity contribution < 1.29 is 5.11 Å².